The van der Waals surface area contributed by atoms with Gasteiger partial charge in [-0.2, -0.15) is 11.8 Å². The summed E-state index contributed by atoms with van der Waals surface area (Å²) in [6, 6.07) is 0. The molecule has 0 aromatic carbocycles. The molecule has 0 aromatic heterocycles. The molecule has 1 aliphatic rings. The molecule has 0 saturated carbocycles. The Bertz CT molecular complexity index is 143. The van der Waals surface area contributed by atoms with Crippen molar-refractivity contribution in [1.29, 1.82) is 0 Å². The number of Topliss-reactive ketones (excluding diaryl/α,β-unsaturated/α-hetero) is 1. The maximum atomic E-state index is 10.6. The van der Waals surface area contributed by atoms with Crippen molar-refractivity contribution < 1.29 is 14.3 Å². The van der Waals surface area contributed by atoms with Crippen molar-refractivity contribution in [2.75, 3.05) is 24.7 Å². The van der Waals surface area contributed by atoms with Gasteiger partial charge >= 0.3 is 0 Å². The molecule has 1 rings (SSSR count). The molecule has 0 spiro atoms. The average Bonchev–Trinajstić information content (AvgIpc) is 2.49. The summed E-state index contributed by atoms with van der Waals surface area (Å²) in [5, 5.41) is 0. The third-order valence-corrected chi connectivity index (χ3v) is 2.54. The van der Waals surface area contributed by atoms with Crippen molar-refractivity contribution in [2.24, 2.45) is 0 Å². The topological polar surface area (TPSA) is 35.5 Å². The second kappa shape index (κ2) is 5.56. The van der Waals surface area contributed by atoms with Crippen LogP contribution in [0, 0.1) is 0 Å². The minimum atomic E-state index is -0.0399. The molecule has 0 unspecified atom stereocenters. The van der Waals surface area contributed by atoms with E-state index in [9.17, 15) is 4.79 Å². The van der Waals surface area contributed by atoms with Gasteiger partial charge in [-0.1, -0.05) is 0 Å². The van der Waals surface area contributed by atoms with E-state index in [4.69, 9.17) is 9.47 Å². The van der Waals surface area contributed by atoms with Crippen LogP contribution in [-0.2, 0) is 14.3 Å². The van der Waals surface area contributed by atoms with Gasteiger partial charge in [0.2, 0.25) is 0 Å². The Labute approximate surface area is 76.8 Å². The predicted octanol–water partition coefficient (Wildman–Crippen LogP) is 1.07. The minimum absolute atomic E-state index is 0.0399. The van der Waals surface area contributed by atoms with Gasteiger partial charge in [0.15, 0.2) is 6.29 Å². The molecule has 1 fully saturated rings. The maximum Gasteiger partial charge on any atom is 0.166 e. The number of carbonyl (C=O) groups excluding carboxylic acids is 1. The van der Waals surface area contributed by atoms with Gasteiger partial charge in [-0.25, -0.2) is 0 Å². The number of thioether (sulfide) groups is 1. The van der Waals surface area contributed by atoms with Crippen molar-refractivity contribution in [3.8, 4) is 0 Å². The first kappa shape index (κ1) is 10.0. The van der Waals surface area contributed by atoms with Crippen LogP contribution >= 0.6 is 11.8 Å². The summed E-state index contributed by atoms with van der Waals surface area (Å²) < 4.78 is 10.5. The summed E-state index contributed by atoms with van der Waals surface area (Å²) >= 11 is 1.71. The molecule has 70 valence electrons. The Morgan fingerprint density at radius 1 is 1.50 bits per heavy atom. The molecule has 1 aliphatic heterocycles. The zero-order valence-electron chi connectivity index (χ0n) is 7.25. The van der Waals surface area contributed by atoms with E-state index >= 15 is 0 Å². The molecule has 0 aromatic rings. The summed E-state index contributed by atoms with van der Waals surface area (Å²) in [4.78, 5) is 10.6. The fourth-order valence-corrected chi connectivity index (χ4v) is 1.88. The maximum absolute atomic E-state index is 10.6. The van der Waals surface area contributed by atoms with Crippen molar-refractivity contribution in [3.05, 3.63) is 0 Å². The first-order valence-corrected chi connectivity index (χ1v) is 5.25. The number of ketones is 1. The highest BCUT2D eigenvalue weighted by Gasteiger charge is 2.14. The second-order valence-electron chi connectivity index (χ2n) is 2.70. The molecule has 0 atom stereocenters. The van der Waals surface area contributed by atoms with E-state index in [1.54, 1.807) is 18.7 Å². The van der Waals surface area contributed by atoms with Crippen molar-refractivity contribution in [2.45, 2.75) is 19.6 Å². The van der Waals surface area contributed by atoms with Crippen LogP contribution in [0.25, 0.3) is 0 Å². The lowest BCUT2D eigenvalue weighted by Crippen LogP contribution is -2.11. The quantitative estimate of drug-likeness (QED) is 0.607. The molecule has 4 heteroatoms. The molecular formula is C8H14O3S. The molecule has 0 aliphatic carbocycles. The monoisotopic (exact) mass is 190 g/mol. The fraction of sp³-hybridized carbons (Fsp3) is 0.875. The van der Waals surface area contributed by atoms with Crippen LogP contribution in [0.4, 0.5) is 0 Å². The lowest BCUT2D eigenvalue weighted by Gasteiger charge is -2.06. The Hall–Kier alpha value is -0.0600. The first-order chi connectivity index (χ1) is 5.79. The Kier molecular flexibility index (Phi) is 4.65. The van der Waals surface area contributed by atoms with E-state index in [0.29, 0.717) is 19.6 Å². The van der Waals surface area contributed by atoms with Gasteiger partial charge in [0, 0.05) is 17.9 Å². The van der Waals surface area contributed by atoms with E-state index < -0.39 is 0 Å². The lowest BCUT2D eigenvalue weighted by atomic mass is 10.4. The van der Waals surface area contributed by atoms with E-state index in [0.717, 1.165) is 11.5 Å². The Morgan fingerprint density at radius 3 is 2.75 bits per heavy atom. The number of hydrogen-bond acceptors (Lipinski definition) is 4. The van der Waals surface area contributed by atoms with Crippen LogP contribution in [-0.4, -0.2) is 36.8 Å². The smallest absolute Gasteiger partial charge is 0.166 e. The Balaban J connectivity index is 1.91. The lowest BCUT2D eigenvalue weighted by molar-refractivity contribution is -0.116. The highest BCUT2D eigenvalue weighted by Crippen LogP contribution is 2.12. The van der Waals surface area contributed by atoms with Crippen LogP contribution in [0.1, 0.15) is 13.3 Å². The minimum Gasteiger partial charge on any atom is -0.349 e. The van der Waals surface area contributed by atoms with Gasteiger partial charge in [0.25, 0.3) is 0 Å². The van der Waals surface area contributed by atoms with E-state index in [1.165, 1.54) is 0 Å². The third-order valence-electron chi connectivity index (χ3n) is 1.54. The van der Waals surface area contributed by atoms with Crippen LogP contribution in [0.3, 0.4) is 0 Å². The number of ether oxygens (including phenoxy) is 2. The highest BCUT2D eigenvalue weighted by molar-refractivity contribution is 7.99. The van der Waals surface area contributed by atoms with E-state index in [1.807, 2.05) is 0 Å². The van der Waals surface area contributed by atoms with Crippen LogP contribution < -0.4 is 0 Å². The Morgan fingerprint density at radius 2 is 2.17 bits per heavy atom. The molecule has 12 heavy (non-hydrogen) atoms. The highest BCUT2D eigenvalue weighted by atomic mass is 32.2. The molecule has 0 bridgehead atoms. The average molecular weight is 190 g/mol. The number of hydrogen-bond donors (Lipinski definition) is 0. The zero-order valence-corrected chi connectivity index (χ0v) is 8.06. The summed E-state index contributed by atoms with van der Waals surface area (Å²) in [6.07, 6.45) is 0.610. The molecular weight excluding hydrogens is 176 g/mol. The van der Waals surface area contributed by atoms with E-state index in [-0.39, 0.29) is 12.1 Å². The van der Waals surface area contributed by atoms with Crippen molar-refractivity contribution in [3.63, 3.8) is 0 Å². The van der Waals surface area contributed by atoms with Crippen molar-refractivity contribution >= 4 is 17.5 Å². The number of rotatable bonds is 5. The largest absolute Gasteiger partial charge is 0.349 e. The molecule has 0 amide bonds. The standard InChI is InChI=1S/C8H14O3S/c1-7(9)2-5-12-6-8-10-3-4-11-8/h8H,2-6H2,1H3. The second-order valence-corrected chi connectivity index (χ2v) is 3.85. The first-order valence-electron chi connectivity index (χ1n) is 4.09. The van der Waals surface area contributed by atoms with Gasteiger partial charge in [-0.3, -0.25) is 4.79 Å². The van der Waals surface area contributed by atoms with Gasteiger partial charge in [0.05, 0.1) is 13.2 Å². The summed E-state index contributed by atoms with van der Waals surface area (Å²) in [6.45, 7) is 3.03. The van der Waals surface area contributed by atoms with Crippen molar-refractivity contribution in [1.82, 2.24) is 0 Å². The van der Waals surface area contributed by atoms with Crippen LogP contribution in [0.2, 0.25) is 0 Å². The SMILES string of the molecule is CC(=O)CCSCC1OCCO1. The molecule has 0 N–H and O–H groups in total. The fourth-order valence-electron chi connectivity index (χ4n) is 0.899. The van der Waals surface area contributed by atoms with Gasteiger partial charge in [-0.05, 0) is 6.92 Å². The molecule has 3 nitrogen and oxygen atoms in total. The van der Waals surface area contributed by atoms with E-state index in [2.05, 4.69) is 0 Å². The normalized spacial score (nSPS) is 18.4. The van der Waals surface area contributed by atoms with Crippen LogP contribution in [0.15, 0.2) is 0 Å². The number of carbonyl (C=O) groups is 1. The van der Waals surface area contributed by atoms with Gasteiger partial charge in [0.1, 0.15) is 5.78 Å². The van der Waals surface area contributed by atoms with Gasteiger partial charge < -0.3 is 9.47 Å². The zero-order chi connectivity index (χ0) is 8.81. The molecule has 0 radical (unpaired) electrons. The molecule has 1 heterocycles. The van der Waals surface area contributed by atoms with Gasteiger partial charge in [-0.15, -0.1) is 0 Å². The summed E-state index contributed by atoms with van der Waals surface area (Å²) in [5.41, 5.74) is 0. The summed E-state index contributed by atoms with van der Waals surface area (Å²) in [7, 11) is 0. The molecule has 1 saturated heterocycles. The van der Waals surface area contributed by atoms with Crippen LogP contribution in [0.5, 0.6) is 0 Å². The predicted molar refractivity (Wildman–Crippen MR) is 48.3 cm³/mol. The third kappa shape index (κ3) is 4.09. The summed E-state index contributed by atoms with van der Waals surface area (Å²) in [5.74, 6) is 1.96.